The quantitative estimate of drug-likeness (QED) is 0.472. The minimum absolute atomic E-state index is 0.563. The molecule has 1 atom stereocenters. The van der Waals surface area contributed by atoms with E-state index in [9.17, 15) is 0 Å². The summed E-state index contributed by atoms with van der Waals surface area (Å²) in [6.45, 7) is 2.25. The van der Waals surface area contributed by atoms with Crippen molar-refractivity contribution in [2.24, 2.45) is 0 Å². The fraction of sp³-hybridized carbons (Fsp3) is 0.333. The third-order valence-corrected chi connectivity index (χ3v) is 5.56. The van der Waals surface area contributed by atoms with Crippen LogP contribution >= 0.6 is 22.6 Å². The van der Waals surface area contributed by atoms with E-state index < -0.39 is 0 Å². The van der Waals surface area contributed by atoms with Crippen LogP contribution in [0.4, 0.5) is 0 Å². The molecular formula is C9H9I2-. The van der Waals surface area contributed by atoms with E-state index in [0.29, 0.717) is 21.2 Å². The van der Waals surface area contributed by atoms with Crippen molar-refractivity contribution in [3.8, 4) is 0 Å². The molecule has 0 saturated carbocycles. The number of benzene rings is 1. The maximum atomic E-state index is 2.42. The standard InChI is InChI=1S/C9H9I2/c1-6-7(9-5-11-9)3-2-4-8(6)10/h2-4,9H,5H2,1H3/q-1. The molecule has 0 aromatic heterocycles. The predicted molar refractivity (Wildman–Crippen MR) is 51.5 cm³/mol. The second-order valence-electron chi connectivity index (χ2n) is 2.73. The van der Waals surface area contributed by atoms with Gasteiger partial charge in [-0.1, -0.05) is 0 Å². The van der Waals surface area contributed by atoms with E-state index in [2.05, 4.69) is 47.7 Å². The van der Waals surface area contributed by atoms with Crippen molar-refractivity contribution in [1.29, 1.82) is 0 Å². The summed E-state index contributed by atoms with van der Waals surface area (Å²) in [7, 11) is 0. The average Bonchev–Trinajstić information content (AvgIpc) is 2.77. The monoisotopic (exact) mass is 371 g/mol. The molecular weight excluding hydrogens is 362 g/mol. The molecule has 0 nitrogen and oxygen atoms in total. The van der Waals surface area contributed by atoms with E-state index in [4.69, 9.17) is 0 Å². The molecule has 1 fully saturated rings. The van der Waals surface area contributed by atoms with Crippen molar-refractivity contribution in [2.45, 2.75) is 10.8 Å². The summed E-state index contributed by atoms with van der Waals surface area (Å²) in [5, 5.41) is 0. The van der Waals surface area contributed by atoms with Gasteiger partial charge in [0.05, 0.1) is 0 Å². The number of rotatable bonds is 1. The molecule has 1 saturated heterocycles. The first kappa shape index (κ1) is 8.29. The first-order valence-electron chi connectivity index (χ1n) is 3.62. The average molecular weight is 371 g/mol. The first-order valence-corrected chi connectivity index (χ1v) is 7.47. The Bertz CT molecular complexity index is 277. The topological polar surface area (TPSA) is 0 Å². The molecule has 2 heteroatoms. The van der Waals surface area contributed by atoms with Crippen LogP contribution in [0, 0.1) is 10.5 Å². The van der Waals surface area contributed by atoms with Gasteiger partial charge in [0, 0.05) is 0 Å². The molecule has 0 amide bonds. The van der Waals surface area contributed by atoms with Crippen LogP contribution in [-0.2, 0) is 0 Å². The van der Waals surface area contributed by atoms with E-state index in [0.717, 1.165) is 3.92 Å². The van der Waals surface area contributed by atoms with Gasteiger partial charge in [-0.15, -0.1) is 0 Å². The van der Waals surface area contributed by atoms with Crippen molar-refractivity contribution in [3.05, 3.63) is 32.9 Å². The van der Waals surface area contributed by atoms with Gasteiger partial charge < -0.3 is 0 Å². The number of hydrogen-bond donors (Lipinski definition) is 0. The van der Waals surface area contributed by atoms with E-state index in [1.165, 1.54) is 13.6 Å². The summed E-state index contributed by atoms with van der Waals surface area (Å²) in [6.07, 6.45) is 0. The number of halogens is 2. The minimum atomic E-state index is 0.563. The Morgan fingerprint density at radius 1 is 1.55 bits per heavy atom. The summed E-state index contributed by atoms with van der Waals surface area (Å²) >= 11 is 2.99. The summed E-state index contributed by atoms with van der Waals surface area (Å²) in [6, 6.07) is 6.68. The number of alkyl halides is 2. The predicted octanol–water partition coefficient (Wildman–Crippen LogP) is -0.257. The molecule has 1 aromatic carbocycles. The van der Waals surface area contributed by atoms with Crippen molar-refractivity contribution in [3.63, 3.8) is 0 Å². The van der Waals surface area contributed by atoms with Gasteiger partial charge in [0.25, 0.3) is 0 Å². The second kappa shape index (κ2) is 3.20. The molecule has 0 aliphatic carbocycles. The van der Waals surface area contributed by atoms with Crippen LogP contribution in [0.1, 0.15) is 15.1 Å². The Labute approximate surface area is 91.2 Å². The van der Waals surface area contributed by atoms with E-state index >= 15 is 0 Å². The third-order valence-electron chi connectivity index (χ3n) is 1.96. The van der Waals surface area contributed by atoms with Gasteiger partial charge in [-0.3, -0.25) is 0 Å². The molecule has 1 aromatic rings. The Balaban J connectivity index is 2.45. The summed E-state index contributed by atoms with van der Waals surface area (Å²) in [5.74, 6) is 0. The third kappa shape index (κ3) is 1.71. The molecule has 0 spiro atoms. The summed E-state index contributed by atoms with van der Waals surface area (Å²) in [4.78, 5) is 0. The van der Waals surface area contributed by atoms with Crippen molar-refractivity contribution in [2.75, 3.05) is 4.43 Å². The molecule has 1 heterocycles. The van der Waals surface area contributed by atoms with Crippen molar-refractivity contribution < 1.29 is 21.2 Å². The summed E-state index contributed by atoms with van der Waals surface area (Å²) in [5.41, 5.74) is 3.15. The van der Waals surface area contributed by atoms with Crippen LogP contribution in [0.25, 0.3) is 0 Å². The fourth-order valence-electron chi connectivity index (χ4n) is 1.17. The van der Waals surface area contributed by atoms with E-state index in [1.54, 1.807) is 5.56 Å². The van der Waals surface area contributed by atoms with Crippen LogP contribution in [-0.4, -0.2) is 4.43 Å². The zero-order chi connectivity index (χ0) is 7.84. The molecule has 0 radical (unpaired) electrons. The van der Waals surface area contributed by atoms with Crippen LogP contribution in [0.15, 0.2) is 18.2 Å². The fourth-order valence-corrected chi connectivity index (χ4v) is 3.57. The molecule has 0 bridgehead atoms. The van der Waals surface area contributed by atoms with Crippen molar-refractivity contribution >= 4 is 22.6 Å². The Kier molecular flexibility index (Phi) is 2.41. The second-order valence-corrected chi connectivity index (χ2v) is 7.16. The van der Waals surface area contributed by atoms with Crippen LogP contribution < -0.4 is 21.2 Å². The molecule has 60 valence electrons. The normalized spacial score (nSPS) is 22.5. The van der Waals surface area contributed by atoms with E-state index in [-0.39, 0.29) is 0 Å². The van der Waals surface area contributed by atoms with Gasteiger partial charge in [-0.25, -0.2) is 0 Å². The zero-order valence-electron chi connectivity index (χ0n) is 6.27. The van der Waals surface area contributed by atoms with Gasteiger partial charge in [-0.2, -0.15) is 0 Å². The van der Waals surface area contributed by atoms with Gasteiger partial charge in [0.15, 0.2) is 0 Å². The molecule has 11 heavy (non-hydrogen) atoms. The number of hydrogen-bond acceptors (Lipinski definition) is 0. The molecule has 0 N–H and O–H groups in total. The van der Waals surface area contributed by atoms with E-state index in [1.807, 2.05) is 0 Å². The Morgan fingerprint density at radius 2 is 2.27 bits per heavy atom. The van der Waals surface area contributed by atoms with Crippen LogP contribution in [0.2, 0.25) is 0 Å². The van der Waals surface area contributed by atoms with Gasteiger partial charge in [0.1, 0.15) is 0 Å². The van der Waals surface area contributed by atoms with Gasteiger partial charge in [0.2, 0.25) is 0 Å². The van der Waals surface area contributed by atoms with Gasteiger partial charge in [-0.05, 0) is 0 Å². The Morgan fingerprint density at radius 3 is 2.91 bits per heavy atom. The maximum absolute atomic E-state index is 2.42. The molecule has 1 aliphatic heterocycles. The first-order chi connectivity index (χ1) is 5.29. The SMILES string of the molecule is Cc1c(I)cccc1C1C[I-]1. The zero-order valence-corrected chi connectivity index (χ0v) is 10.6. The molecule has 2 rings (SSSR count). The van der Waals surface area contributed by atoms with Crippen LogP contribution in [0.5, 0.6) is 0 Å². The Hall–Kier alpha value is 0.680. The summed E-state index contributed by atoms with van der Waals surface area (Å²) < 4.78 is 3.94. The van der Waals surface area contributed by atoms with Crippen LogP contribution in [0.3, 0.4) is 0 Å². The molecule has 1 unspecified atom stereocenters. The molecule has 1 aliphatic rings. The van der Waals surface area contributed by atoms with Crippen molar-refractivity contribution in [1.82, 2.24) is 0 Å². The van der Waals surface area contributed by atoms with Gasteiger partial charge >= 0.3 is 92.0 Å².